The molecule has 0 unspecified atom stereocenters. The Kier molecular flexibility index (Phi) is 4.41. The van der Waals surface area contributed by atoms with Crippen molar-refractivity contribution < 1.29 is 9.59 Å². The number of carbonyl (C=O) groups excluding carboxylic acids is 2. The molecular formula is C17H20N4O2. The van der Waals surface area contributed by atoms with Gasteiger partial charge in [0.05, 0.1) is 17.4 Å². The Morgan fingerprint density at radius 2 is 2.00 bits per heavy atom. The van der Waals surface area contributed by atoms with Crippen LogP contribution in [0.25, 0.3) is 5.69 Å². The van der Waals surface area contributed by atoms with Gasteiger partial charge in [-0.05, 0) is 31.4 Å². The number of aromatic nitrogens is 2. The maximum atomic E-state index is 12.8. The van der Waals surface area contributed by atoms with E-state index in [9.17, 15) is 9.59 Å². The van der Waals surface area contributed by atoms with Gasteiger partial charge in [-0.15, -0.1) is 0 Å². The van der Waals surface area contributed by atoms with E-state index >= 15 is 0 Å². The van der Waals surface area contributed by atoms with Crippen LogP contribution in [0.4, 0.5) is 0 Å². The Balaban J connectivity index is 1.82. The molecule has 1 aliphatic rings. The number of piperidine rings is 1. The Hall–Kier alpha value is -2.63. The molecule has 23 heavy (non-hydrogen) atoms. The molecule has 1 atom stereocenters. The maximum absolute atomic E-state index is 12.8. The zero-order valence-electron chi connectivity index (χ0n) is 13.1. The highest BCUT2D eigenvalue weighted by atomic mass is 16.2. The summed E-state index contributed by atoms with van der Waals surface area (Å²) in [5.41, 5.74) is 1.40. The van der Waals surface area contributed by atoms with Crippen LogP contribution in [0, 0.1) is 0 Å². The molecule has 0 spiro atoms. The number of likely N-dealkylation sites (N-methyl/N-ethyl adjacent to an activating group) is 1. The third-order valence-electron chi connectivity index (χ3n) is 4.16. The fraction of sp³-hybridized carbons (Fsp3) is 0.353. The lowest BCUT2D eigenvalue weighted by atomic mass is 10.0. The Morgan fingerprint density at radius 3 is 2.74 bits per heavy atom. The van der Waals surface area contributed by atoms with Gasteiger partial charge in [0.25, 0.3) is 5.91 Å². The van der Waals surface area contributed by atoms with Gasteiger partial charge in [-0.1, -0.05) is 18.2 Å². The van der Waals surface area contributed by atoms with E-state index in [4.69, 9.17) is 0 Å². The molecule has 6 nitrogen and oxygen atoms in total. The van der Waals surface area contributed by atoms with Gasteiger partial charge in [-0.2, -0.15) is 5.10 Å². The Labute approximate surface area is 135 Å². The molecule has 6 heteroatoms. The van der Waals surface area contributed by atoms with Crippen LogP contribution >= 0.6 is 0 Å². The summed E-state index contributed by atoms with van der Waals surface area (Å²) >= 11 is 0. The van der Waals surface area contributed by atoms with E-state index in [1.54, 1.807) is 29.0 Å². The van der Waals surface area contributed by atoms with Gasteiger partial charge in [0.15, 0.2) is 0 Å². The van der Waals surface area contributed by atoms with Gasteiger partial charge in [-0.3, -0.25) is 9.59 Å². The second-order valence-electron chi connectivity index (χ2n) is 5.63. The Morgan fingerprint density at radius 1 is 1.22 bits per heavy atom. The number of hydrogen-bond donors (Lipinski definition) is 1. The van der Waals surface area contributed by atoms with E-state index in [1.807, 2.05) is 30.3 Å². The molecule has 120 valence electrons. The molecule has 0 aliphatic carbocycles. The van der Waals surface area contributed by atoms with Crippen molar-refractivity contribution in [1.82, 2.24) is 20.0 Å². The lowest BCUT2D eigenvalue weighted by Crippen LogP contribution is -2.51. The first-order chi connectivity index (χ1) is 11.2. The molecule has 1 aromatic carbocycles. The minimum Gasteiger partial charge on any atom is -0.357 e. The summed E-state index contributed by atoms with van der Waals surface area (Å²) in [4.78, 5) is 26.4. The summed E-state index contributed by atoms with van der Waals surface area (Å²) in [6, 6.07) is 9.24. The number of rotatable bonds is 3. The molecule has 1 fully saturated rings. The highest BCUT2D eigenvalue weighted by Crippen LogP contribution is 2.20. The number of likely N-dealkylation sites (tertiary alicyclic amines) is 1. The van der Waals surface area contributed by atoms with Crippen molar-refractivity contribution >= 4 is 11.8 Å². The van der Waals surface area contributed by atoms with Crippen LogP contribution in [-0.4, -0.2) is 46.1 Å². The third kappa shape index (κ3) is 3.11. The molecule has 1 aromatic heterocycles. The summed E-state index contributed by atoms with van der Waals surface area (Å²) in [5.74, 6) is -0.242. The lowest BCUT2D eigenvalue weighted by Gasteiger charge is -2.34. The van der Waals surface area contributed by atoms with Crippen molar-refractivity contribution in [3.05, 3.63) is 48.3 Å². The highest BCUT2D eigenvalue weighted by molar-refractivity contribution is 5.97. The number of amides is 2. The van der Waals surface area contributed by atoms with Gasteiger partial charge in [0.2, 0.25) is 5.91 Å². The third-order valence-corrected chi connectivity index (χ3v) is 4.16. The number of para-hydroxylation sites is 1. The molecule has 0 bridgehead atoms. The van der Waals surface area contributed by atoms with Crippen molar-refractivity contribution in [2.45, 2.75) is 25.3 Å². The molecule has 0 radical (unpaired) electrons. The van der Waals surface area contributed by atoms with E-state index < -0.39 is 0 Å². The van der Waals surface area contributed by atoms with Crippen LogP contribution in [0.2, 0.25) is 0 Å². The van der Waals surface area contributed by atoms with Gasteiger partial charge in [0.1, 0.15) is 6.04 Å². The minimum atomic E-state index is -0.388. The van der Waals surface area contributed by atoms with Gasteiger partial charge in [-0.25, -0.2) is 4.68 Å². The quantitative estimate of drug-likeness (QED) is 0.936. The summed E-state index contributed by atoms with van der Waals surface area (Å²) in [6.45, 7) is 0.605. The molecule has 2 heterocycles. The van der Waals surface area contributed by atoms with Crippen LogP contribution in [0.15, 0.2) is 42.7 Å². The largest absolute Gasteiger partial charge is 0.357 e. The van der Waals surface area contributed by atoms with Crippen molar-refractivity contribution in [3.63, 3.8) is 0 Å². The second kappa shape index (κ2) is 6.64. The monoisotopic (exact) mass is 312 g/mol. The van der Waals surface area contributed by atoms with Gasteiger partial charge < -0.3 is 10.2 Å². The van der Waals surface area contributed by atoms with E-state index in [2.05, 4.69) is 10.4 Å². The van der Waals surface area contributed by atoms with E-state index in [0.717, 1.165) is 18.5 Å². The molecule has 2 amide bonds. The van der Waals surface area contributed by atoms with Gasteiger partial charge >= 0.3 is 0 Å². The van der Waals surface area contributed by atoms with E-state index in [0.29, 0.717) is 18.5 Å². The zero-order chi connectivity index (χ0) is 16.2. The Bertz CT molecular complexity index is 696. The molecule has 3 rings (SSSR count). The highest BCUT2D eigenvalue weighted by Gasteiger charge is 2.32. The first-order valence-corrected chi connectivity index (χ1v) is 7.83. The van der Waals surface area contributed by atoms with Gasteiger partial charge in [0, 0.05) is 19.8 Å². The molecule has 1 N–H and O–H groups in total. The summed E-state index contributed by atoms with van der Waals surface area (Å²) in [7, 11) is 1.60. The molecule has 0 saturated carbocycles. The average molecular weight is 312 g/mol. The molecule has 1 saturated heterocycles. The van der Waals surface area contributed by atoms with Crippen molar-refractivity contribution in [2.24, 2.45) is 0 Å². The molecule has 2 aromatic rings. The second-order valence-corrected chi connectivity index (χ2v) is 5.63. The van der Waals surface area contributed by atoms with Crippen molar-refractivity contribution in [3.8, 4) is 5.69 Å². The maximum Gasteiger partial charge on any atom is 0.257 e. The predicted molar refractivity (Wildman–Crippen MR) is 86.3 cm³/mol. The smallest absolute Gasteiger partial charge is 0.257 e. The zero-order valence-corrected chi connectivity index (χ0v) is 13.1. The van der Waals surface area contributed by atoms with Crippen LogP contribution < -0.4 is 5.32 Å². The fourth-order valence-electron chi connectivity index (χ4n) is 2.93. The van der Waals surface area contributed by atoms with Crippen molar-refractivity contribution in [2.75, 3.05) is 13.6 Å². The predicted octanol–water partition coefficient (Wildman–Crippen LogP) is 1.61. The number of benzene rings is 1. The first-order valence-electron chi connectivity index (χ1n) is 7.83. The normalized spacial score (nSPS) is 17.8. The molecular weight excluding hydrogens is 292 g/mol. The fourth-order valence-corrected chi connectivity index (χ4v) is 2.93. The van der Waals surface area contributed by atoms with Crippen LogP contribution in [0.1, 0.15) is 29.6 Å². The summed E-state index contributed by atoms with van der Waals surface area (Å²) in [6.07, 6.45) is 5.87. The van der Waals surface area contributed by atoms with Crippen molar-refractivity contribution in [1.29, 1.82) is 0 Å². The number of nitrogens with one attached hydrogen (secondary N) is 1. The average Bonchev–Trinajstić information content (AvgIpc) is 3.11. The summed E-state index contributed by atoms with van der Waals surface area (Å²) < 4.78 is 1.67. The van der Waals surface area contributed by atoms with Crippen LogP contribution in [0.5, 0.6) is 0 Å². The standard InChI is InChI=1S/C17H20N4O2/c1-18-16(22)15-9-5-6-10-20(15)17(23)13-11-19-21(12-13)14-7-3-2-4-8-14/h2-4,7-8,11-12,15H,5-6,9-10H2,1H3,(H,18,22)/t15-/m1/s1. The number of hydrogen-bond acceptors (Lipinski definition) is 3. The van der Waals surface area contributed by atoms with Crippen LogP contribution in [-0.2, 0) is 4.79 Å². The molecule has 1 aliphatic heterocycles. The number of nitrogens with zero attached hydrogens (tertiary/aromatic N) is 3. The minimum absolute atomic E-state index is 0.103. The lowest BCUT2D eigenvalue weighted by molar-refractivity contribution is -0.126. The van der Waals surface area contributed by atoms with E-state index in [1.165, 1.54) is 0 Å². The number of carbonyl (C=O) groups is 2. The van der Waals surface area contributed by atoms with Crippen LogP contribution in [0.3, 0.4) is 0 Å². The first kappa shape index (κ1) is 15.3. The summed E-state index contributed by atoms with van der Waals surface area (Å²) in [5, 5.41) is 6.91. The van der Waals surface area contributed by atoms with E-state index in [-0.39, 0.29) is 17.9 Å². The topological polar surface area (TPSA) is 67.2 Å². The SMILES string of the molecule is CNC(=O)[C@H]1CCCCN1C(=O)c1cnn(-c2ccccc2)c1.